The molecule has 0 aliphatic carbocycles. The quantitative estimate of drug-likeness (QED) is 0.736. The maximum Gasteiger partial charge on any atom is 0.416 e. The number of rotatable bonds is 6. The molecule has 162 valence electrons. The molecule has 1 heterocycles. The minimum Gasteiger partial charge on any atom is -0.484 e. The molecule has 0 aromatic heterocycles. The number of sulfonamides is 1. The molecule has 1 fully saturated rings. The Kier molecular flexibility index (Phi) is 6.67. The Morgan fingerprint density at radius 2 is 1.73 bits per heavy atom. The molecule has 10 heteroatoms. The third-order valence-corrected chi connectivity index (χ3v) is 6.50. The Labute approximate surface area is 172 Å². The number of halogens is 3. The number of alkyl halides is 3. The molecule has 0 atom stereocenters. The zero-order chi connectivity index (χ0) is 21.8. The molecular formula is C20H21F3N2O4S. The number of ether oxygens (including phenoxy) is 1. The van der Waals surface area contributed by atoms with E-state index >= 15 is 0 Å². The zero-order valence-electron chi connectivity index (χ0n) is 16.0. The number of nitrogens with zero attached hydrogens (tertiary/aromatic N) is 1. The molecule has 0 bridgehead atoms. The first-order chi connectivity index (χ1) is 14.2. The maximum absolute atomic E-state index is 12.7. The summed E-state index contributed by atoms with van der Waals surface area (Å²) in [7, 11) is -3.65. The van der Waals surface area contributed by atoms with Crippen LogP contribution >= 0.6 is 0 Å². The molecule has 0 spiro atoms. The average Bonchev–Trinajstić information content (AvgIpc) is 2.73. The number of nitrogens with one attached hydrogen (secondary N) is 1. The molecule has 0 unspecified atom stereocenters. The molecule has 1 amide bonds. The monoisotopic (exact) mass is 442 g/mol. The van der Waals surface area contributed by atoms with Gasteiger partial charge in [-0.1, -0.05) is 18.6 Å². The summed E-state index contributed by atoms with van der Waals surface area (Å²) < 4.78 is 70.3. The summed E-state index contributed by atoms with van der Waals surface area (Å²) in [6.45, 7) is 0.401. The standard InChI is InChI=1S/C20H21F3N2O4S/c21-20(22,23)15-6-4-8-17(12-15)29-14-19(26)24-16-7-5-9-18(13-16)30(27,28)25-10-2-1-3-11-25/h4-9,12-13H,1-3,10-11,14H2,(H,24,26). The van der Waals surface area contributed by atoms with Gasteiger partial charge in [0.25, 0.3) is 5.91 Å². The minimum absolute atomic E-state index is 0.0704. The lowest BCUT2D eigenvalue weighted by atomic mass is 10.2. The number of carbonyl (C=O) groups is 1. The topological polar surface area (TPSA) is 75.7 Å². The SMILES string of the molecule is O=C(COc1cccc(C(F)(F)F)c1)Nc1cccc(S(=O)(=O)N2CCCCC2)c1. The summed E-state index contributed by atoms with van der Waals surface area (Å²) in [6, 6.07) is 10.1. The number of hydrogen-bond acceptors (Lipinski definition) is 4. The molecule has 2 aromatic carbocycles. The predicted octanol–water partition coefficient (Wildman–Crippen LogP) is 3.90. The highest BCUT2D eigenvalue weighted by Gasteiger charge is 2.30. The first-order valence-electron chi connectivity index (χ1n) is 9.36. The number of hydrogen-bond donors (Lipinski definition) is 1. The van der Waals surface area contributed by atoms with Crippen LogP contribution in [0.15, 0.2) is 53.4 Å². The van der Waals surface area contributed by atoms with Crippen LogP contribution in [0.4, 0.5) is 18.9 Å². The van der Waals surface area contributed by atoms with E-state index in [1.165, 1.54) is 40.7 Å². The lowest BCUT2D eigenvalue weighted by Gasteiger charge is -2.26. The van der Waals surface area contributed by atoms with Crippen molar-refractivity contribution in [3.63, 3.8) is 0 Å². The summed E-state index contributed by atoms with van der Waals surface area (Å²) >= 11 is 0. The summed E-state index contributed by atoms with van der Waals surface area (Å²) in [4.78, 5) is 12.2. The molecule has 0 radical (unpaired) electrons. The van der Waals surface area contributed by atoms with Crippen molar-refractivity contribution < 1.29 is 31.1 Å². The van der Waals surface area contributed by atoms with Crippen LogP contribution in [0, 0.1) is 0 Å². The van der Waals surface area contributed by atoms with Gasteiger partial charge in [0.15, 0.2) is 6.61 Å². The minimum atomic E-state index is -4.51. The van der Waals surface area contributed by atoms with E-state index in [2.05, 4.69) is 5.32 Å². The molecule has 3 rings (SSSR count). The fourth-order valence-electron chi connectivity index (χ4n) is 3.10. The Bertz CT molecular complexity index is 1000. The van der Waals surface area contributed by atoms with E-state index in [4.69, 9.17) is 4.74 Å². The van der Waals surface area contributed by atoms with Gasteiger partial charge in [-0.15, -0.1) is 0 Å². The van der Waals surface area contributed by atoms with Crippen LogP contribution in [0.3, 0.4) is 0 Å². The van der Waals surface area contributed by atoms with Gasteiger partial charge >= 0.3 is 6.18 Å². The Morgan fingerprint density at radius 1 is 1.03 bits per heavy atom. The maximum atomic E-state index is 12.7. The molecule has 2 aromatic rings. The van der Waals surface area contributed by atoms with Crippen LogP contribution < -0.4 is 10.1 Å². The normalized spacial score (nSPS) is 15.6. The van der Waals surface area contributed by atoms with Crippen LogP contribution in [0.1, 0.15) is 24.8 Å². The van der Waals surface area contributed by atoms with E-state index in [1.54, 1.807) is 0 Å². The summed E-state index contributed by atoms with van der Waals surface area (Å²) in [6.07, 6.45) is -1.90. The molecule has 6 nitrogen and oxygen atoms in total. The number of benzene rings is 2. The summed E-state index contributed by atoms with van der Waals surface area (Å²) in [5.74, 6) is -0.721. The van der Waals surface area contributed by atoms with Crippen LogP contribution in [0.2, 0.25) is 0 Å². The Hall–Kier alpha value is -2.59. The molecule has 1 saturated heterocycles. The smallest absolute Gasteiger partial charge is 0.416 e. The van der Waals surface area contributed by atoms with Gasteiger partial charge in [0.2, 0.25) is 10.0 Å². The Morgan fingerprint density at radius 3 is 2.43 bits per heavy atom. The van der Waals surface area contributed by atoms with Gasteiger partial charge in [-0.25, -0.2) is 8.42 Å². The third-order valence-electron chi connectivity index (χ3n) is 4.60. The highest BCUT2D eigenvalue weighted by molar-refractivity contribution is 7.89. The number of anilines is 1. The van der Waals surface area contributed by atoms with E-state index in [0.29, 0.717) is 13.1 Å². The van der Waals surface area contributed by atoms with Gasteiger partial charge in [0.1, 0.15) is 5.75 Å². The van der Waals surface area contributed by atoms with E-state index < -0.39 is 34.3 Å². The van der Waals surface area contributed by atoms with Crippen LogP contribution in [-0.2, 0) is 21.0 Å². The van der Waals surface area contributed by atoms with Gasteiger partial charge in [0.05, 0.1) is 10.5 Å². The first-order valence-corrected chi connectivity index (χ1v) is 10.8. The van der Waals surface area contributed by atoms with Gasteiger partial charge in [-0.3, -0.25) is 4.79 Å². The Balaban J connectivity index is 1.63. The van der Waals surface area contributed by atoms with E-state index in [1.807, 2.05) is 0 Å². The molecule has 30 heavy (non-hydrogen) atoms. The second kappa shape index (κ2) is 9.05. The highest BCUT2D eigenvalue weighted by atomic mass is 32.2. The second-order valence-corrected chi connectivity index (χ2v) is 8.79. The first kappa shape index (κ1) is 22.1. The number of carbonyl (C=O) groups excluding carboxylic acids is 1. The van der Waals surface area contributed by atoms with Crippen molar-refractivity contribution in [2.75, 3.05) is 25.0 Å². The third kappa shape index (κ3) is 5.51. The largest absolute Gasteiger partial charge is 0.484 e. The van der Waals surface area contributed by atoms with E-state index in [9.17, 15) is 26.4 Å². The molecular weight excluding hydrogens is 421 g/mol. The second-order valence-electron chi connectivity index (χ2n) is 6.86. The summed E-state index contributed by atoms with van der Waals surface area (Å²) in [5, 5.41) is 2.50. The molecule has 0 saturated carbocycles. The molecule has 1 N–H and O–H groups in total. The van der Waals surface area contributed by atoms with Gasteiger partial charge in [-0.05, 0) is 49.2 Å². The van der Waals surface area contributed by atoms with E-state index in [-0.39, 0.29) is 16.3 Å². The predicted molar refractivity (Wildman–Crippen MR) is 105 cm³/mol. The lowest BCUT2D eigenvalue weighted by molar-refractivity contribution is -0.137. The number of piperidine rings is 1. The van der Waals surface area contributed by atoms with Crippen molar-refractivity contribution in [1.82, 2.24) is 4.31 Å². The lowest BCUT2D eigenvalue weighted by Crippen LogP contribution is -2.35. The fourth-order valence-corrected chi connectivity index (χ4v) is 4.66. The van der Waals surface area contributed by atoms with Crippen molar-refractivity contribution >= 4 is 21.6 Å². The molecule has 1 aliphatic rings. The van der Waals surface area contributed by atoms with Crippen molar-refractivity contribution in [3.05, 3.63) is 54.1 Å². The van der Waals surface area contributed by atoms with Crippen LogP contribution in [-0.4, -0.2) is 38.3 Å². The van der Waals surface area contributed by atoms with Crippen LogP contribution in [0.5, 0.6) is 5.75 Å². The summed E-state index contributed by atoms with van der Waals surface area (Å²) in [5.41, 5.74) is -0.623. The van der Waals surface area contributed by atoms with Crippen molar-refractivity contribution in [2.24, 2.45) is 0 Å². The van der Waals surface area contributed by atoms with Crippen LogP contribution in [0.25, 0.3) is 0 Å². The van der Waals surface area contributed by atoms with Crippen molar-refractivity contribution in [1.29, 1.82) is 0 Å². The van der Waals surface area contributed by atoms with Gasteiger partial charge < -0.3 is 10.1 Å². The fraction of sp³-hybridized carbons (Fsp3) is 0.350. The van der Waals surface area contributed by atoms with Gasteiger partial charge in [0, 0.05) is 18.8 Å². The van der Waals surface area contributed by atoms with Crippen molar-refractivity contribution in [2.45, 2.75) is 30.3 Å². The van der Waals surface area contributed by atoms with E-state index in [0.717, 1.165) is 31.4 Å². The molecule has 1 aliphatic heterocycles. The zero-order valence-corrected chi connectivity index (χ0v) is 16.8. The van der Waals surface area contributed by atoms with Gasteiger partial charge in [-0.2, -0.15) is 17.5 Å². The highest BCUT2D eigenvalue weighted by Crippen LogP contribution is 2.31. The van der Waals surface area contributed by atoms with Crippen molar-refractivity contribution in [3.8, 4) is 5.75 Å². The average molecular weight is 442 g/mol. The number of amides is 1.